The zero-order valence-corrected chi connectivity index (χ0v) is 38.6. The molecular formula is C56H53N5OS. The van der Waals surface area contributed by atoms with Gasteiger partial charge < -0.3 is 15.3 Å². The van der Waals surface area contributed by atoms with E-state index in [-0.39, 0.29) is 5.24 Å². The highest BCUT2D eigenvalue weighted by Gasteiger charge is 2.23. The lowest BCUT2D eigenvalue weighted by Gasteiger charge is -2.14. The summed E-state index contributed by atoms with van der Waals surface area (Å²) < 4.78 is 0. The van der Waals surface area contributed by atoms with Crippen LogP contribution in [0, 0.1) is 62.3 Å². The third-order valence-electron chi connectivity index (χ3n) is 12.2. The number of aromatic amines is 2. The molecule has 314 valence electrons. The number of carbonyl (C=O) groups excluding carboxylic acids is 1. The molecule has 6 nitrogen and oxygen atoms in total. The van der Waals surface area contributed by atoms with Crippen molar-refractivity contribution in [1.82, 2.24) is 25.3 Å². The molecule has 7 aromatic rings. The molecule has 0 radical (unpaired) electrons. The number of hydrogen-bond donors (Lipinski definition) is 3. The van der Waals surface area contributed by atoms with Crippen molar-refractivity contribution in [2.45, 2.75) is 74.1 Å². The van der Waals surface area contributed by atoms with Crippen molar-refractivity contribution in [2.75, 3.05) is 6.54 Å². The van der Waals surface area contributed by atoms with Crippen LogP contribution in [0.2, 0.25) is 0 Å². The summed E-state index contributed by atoms with van der Waals surface area (Å²) in [6.07, 6.45) is 8.67. The Hall–Kier alpha value is -6.70. The van der Waals surface area contributed by atoms with Crippen LogP contribution >= 0.6 is 11.8 Å². The fourth-order valence-corrected chi connectivity index (χ4v) is 10.7. The highest BCUT2D eigenvalue weighted by molar-refractivity contribution is 8.13. The zero-order valence-electron chi connectivity index (χ0n) is 37.8. The average molecular weight is 844 g/mol. The van der Waals surface area contributed by atoms with Gasteiger partial charge in [0.25, 0.3) is 5.24 Å². The molecule has 7 heteroatoms. The van der Waals surface area contributed by atoms with Crippen LogP contribution in [-0.4, -0.2) is 31.7 Å². The van der Waals surface area contributed by atoms with E-state index in [1.54, 1.807) is 0 Å². The van der Waals surface area contributed by atoms with Gasteiger partial charge in [-0.1, -0.05) is 65.2 Å². The number of hydrogen-bond acceptors (Lipinski definition) is 4. The normalized spacial score (nSPS) is 12.0. The number of aryl methyl sites for hydroxylation is 9. The van der Waals surface area contributed by atoms with Crippen LogP contribution in [0.15, 0.2) is 89.8 Å². The molecule has 8 bridgehead atoms. The summed E-state index contributed by atoms with van der Waals surface area (Å²) in [6, 6.07) is 30.6. The van der Waals surface area contributed by atoms with Gasteiger partial charge in [-0.15, -0.1) is 0 Å². The number of amides is 1. The molecule has 0 saturated carbocycles. The second-order valence-electron chi connectivity index (χ2n) is 17.3. The maximum Gasteiger partial charge on any atom is 0.283 e. The first kappa shape index (κ1) is 41.6. The van der Waals surface area contributed by atoms with E-state index < -0.39 is 0 Å². The Labute approximate surface area is 374 Å². The Morgan fingerprint density at radius 1 is 0.460 bits per heavy atom. The molecule has 0 atom stereocenters. The Morgan fingerprint density at radius 2 is 0.778 bits per heavy atom. The third-order valence-corrected chi connectivity index (χ3v) is 13.0. The van der Waals surface area contributed by atoms with E-state index in [2.05, 4.69) is 175 Å². The summed E-state index contributed by atoms with van der Waals surface area (Å²) in [6.45, 7) is 22.2. The van der Waals surface area contributed by atoms with Crippen LogP contribution in [0.25, 0.3) is 90.9 Å². The SMILES string of the molecule is CCNC(=O)Sc1ccc(-c2c3nc(c(-c4c(C)cc(C)cc4C)c4ccc([nH]4)c(-c4c(C)cc(C)cc4C)c4nc(c(-c5c(C)cc(C)cc5C)c5ccc2[nH]5)C=C4)C=C3)cc1. The second kappa shape index (κ2) is 16.5. The number of thioether (sulfide) groups is 1. The van der Waals surface area contributed by atoms with E-state index in [0.29, 0.717) is 6.54 Å². The van der Waals surface area contributed by atoms with Crippen molar-refractivity contribution in [2.24, 2.45) is 0 Å². The molecule has 2 aliphatic rings. The van der Waals surface area contributed by atoms with Crippen molar-refractivity contribution in [3.63, 3.8) is 0 Å². The first-order chi connectivity index (χ1) is 30.3. The zero-order chi connectivity index (χ0) is 44.3. The predicted octanol–water partition coefficient (Wildman–Crippen LogP) is 14.9. The highest BCUT2D eigenvalue weighted by atomic mass is 32.2. The third kappa shape index (κ3) is 7.76. The number of fused-ring (bicyclic) bond motifs is 8. The van der Waals surface area contributed by atoms with Crippen LogP contribution in [0.5, 0.6) is 0 Å². The average Bonchev–Trinajstić information content (AvgIpc) is 4.06. The van der Waals surface area contributed by atoms with Crippen LogP contribution in [-0.2, 0) is 0 Å². The van der Waals surface area contributed by atoms with Crippen molar-refractivity contribution in [3.8, 4) is 44.5 Å². The maximum atomic E-state index is 12.5. The van der Waals surface area contributed by atoms with Gasteiger partial charge in [-0.05, 0) is 197 Å². The van der Waals surface area contributed by atoms with E-state index in [4.69, 9.17) is 9.97 Å². The lowest BCUT2D eigenvalue weighted by molar-refractivity contribution is 0.261. The first-order valence-electron chi connectivity index (χ1n) is 21.7. The largest absolute Gasteiger partial charge is 0.354 e. The van der Waals surface area contributed by atoms with Gasteiger partial charge in [0.05, 0.1) is 22.8 Å². The number of nitrogens with zero attached hydrogens (tertiary/aromatic N) is 2. The maximum absolute atomic E-state index is 12.5. The summed E-state index contributed by atoms with van der Waals surface area (Å²) in [5, 5.41) is 2.83. The molecule has 0 fully saturated rings. The molecule has 5 heterocycles. The number of benzene rings is 4. The molecule has 0 spiro atoms. The molecule has 4 aromatic carbocycles. The Balaban J connectivity index is 1.47. The predicted molar refractivity (Wildman–Crippen MR) is 268 cm³/mol. The molecule has 0 aliphatic carbocycles. The second-order valence-corrected chi connectivity index (χ2v) is 18.3. The summed E-state index contributed by atoms with van der Waals surface area (Å²) in [7, 11) is 0. The van der Waals surface area contributed by atoms with Crippen LogP contribution in [0.4, 0.5) is 4.79 Å². The van der Waals surface area contributed by atoms with Gasteiger partial charge in [0.1, 0.15) is 0 Å². The Bertz CT molecular complexity index is 3140. The van der Waals surface area contributed by atoms with Gasteiger partial charge in [0.15, 0.2) is 0 Å². The standard InChI is InChI=1S/C56H53N5OS/c1-11-57-56(62)63-40-14-12-39(13-15-40)52-41-16-18-43(58-41)53(49-33(5)24-30(2)25-34(49)6)45-20-22-47(60-45)55(51-37(9)28-32(4)29-38(51)10)48-23-21-46(61-48)54(44-19-17-42(52)59-44)50-35(7)26-31(3)27-36(50)8/h12-29,58,61H,11H2,1-10H3,(H,57,62). The highest BCUT2D eigenvalue weighted by Crippen LogP contribution is 2.42. The van der Waals surface area contributed by atoms with E-state index in [1.807, 2.05) is 19.1 Å². The van der Waals surface area contributed by atoms with Gasteiger partial charge in [-0.3, -0.25) is 4.79 Å². The quantitative estimate of drug-likeness (QED) is 0.146. The van der Waals surface area contributed by atoms with E-state index >= 15 is 0 Å². The summed E-state index contributed by atoms with van der Waals surface area (Å²) in [5.74, 6) is 0. The van der Waals surface area contributed by atoms with Crippen molar-refractivity contribution in [1.29, 1.82) is 0 Å². The molecule has 3 N–H and O–H groups in total. The molecule has 9 rings (SSSR count). The minimum absolute atomic E-state index is 0.0703. The van der Waals surface area contributed by atoms with Gasteiger partial charge in [-0.25, -0.2) is 9.97 Å². The number of H-pyrrole nitrogens is 2. The molecular weight excluding hydrogens is 791 g/mol. The van der Waals surface area contributed by atoms with E-state index in [0.717, 1.165) is 88.7 Å². The number of carbonyl (C=O) groups is 1. The topological polar surface area (TPSA) is 86.5 Å². The molecule has 0 saturated heterocycles. The smallest absolute Gasteiger partial charge is 0.283 e. The van der Waals surface area contributed by atoms with Gasteiger partial charge in [0, 0.05) is 55.8 Å². The summed E-state index contributed by atoms with van der Waals surface area (Å²) >= 11 is 1.20. The Kier molecular flexibility index (Phi) is 10.9. The number of nitrogens with one attached hydrogen (secondary N) is 3. The summed E-state index contributed by atoms with van der Waals surface area (Å²) in [5.41, 5.74) is 26.9. The fraction of sp³-hybridized carbons (Fsp3) is 0.196. The number of rotatable bonds is 6. The van der Waals surface area contributed by atoms with E-state index in [1.165, 1.54) is 67.4 Å². The minimum Gasteiger partial charge on any atom is -0.354 e. The Morgan fingerprint density at radius 3 is 1.11 bits per heavy atom. The lowest BCUT2D eigenvalue weighted by Crippen LogP contribution is -2.16. The molecule has 3 aromatic heterocycles. The lowest BCUT2D eigenvalue weighted by atomic mass is 9.92. The van der Waals surface area contributed by atoms with Gasteiger partial charge in [-0.2, -0.15) is 0 Å². The van der Waals surface area contributed by atoms with Crippen molar-refractivity contribution >= 4 is 63.4 Å². The summed E-state index contributed by atoms with van der Waals surface area (Å²) in [4.78, 5) is 32.5. The van der Waals surface area contributed by atoms with Crippen LogP contribution in [0.1, 0.15) is 79.8 Å². The van der Waals surface area contributed by atoms with Gasteiger partial charge >= 0.3 is 0 Å². The fourth-order valence-electron chi connectivity index (χ4n) is 10.00. The minimum atomic E-state index is -0.0703. The van der Waals surface area contributed by atoms with Crippen LogP contribution < -0.4 is 5.32 Å². The van der Waals surface area contributed by atoms with Crippen LogP contribution in [0.3, 0.4) is 0 Å². The van der Waals surface area contributed by atoms with Crippen molar-refractivity contribution < 1.29 is 4.79 Å². The molecule has 63 heavy (non-hydrogen) atoms. The van der Waals surface area contributed by atoms with E-state index in [9.17, 15) is 4.79 Å². The molecule has 0 unspecified atom stereocenters. The van der Waals surface area contributed by atoms with Gasteiger partial charge in [0.2, 0.25) is 0 Å². The first-order valence-corrected chi connectivity index (χ1v) is 22.6. The molecule has 2 aliphatic heterocycles. The molecule has 1 amide bonds. The van der Waals surface area contributed by atoms with Crippen molar-refractivity contribution in [3.05, 3.63) is 158 Å². The number of aromatic nitrogens is 4. The monoisotopic (exact) mass is 843 g/mol.